The number of benzene rings is 2. The number of methoxy groups -OCH3 is 1. The van der Waals surface area contributed by atoms with Gasteiger partial charge in [0, 0.05) is 17.8 Å². The Balaban J connectivity index is 1.56. The van der Waals surface area contributed by atoms with Crippen LogP contribution >= 0.6 is 11.8 Å². The lowest BCUT2D eigenvalue weighted by Crippen LogP contribution is -2.40. The molecule has 0 saturated carbocycles. The van der Waals surface area contributed by atoms with E-state index >= 15 is 0 Å². The van der Waals surface area contributed by atoms with Crippen LogP contribution in [0.3, 0.4) is 0 Å². The van der Waals surface area contributed by atoms with Gasteiger partial charge in [-0.25, -0.2) is 0 Å². The standard InChI is InChI=1S/C21H22N4O2S/c1-14-11-16-7-4-5-10-19(16)25(14)20(26)15(2)28-21-23-22-13-24(21)17-8-6-9-18(12-17)27-3/h4-10,12-15H,11H2,1-3H3/t14-,15-/m1/s1. The fourth-order valence-electron chi connectivity index (χ4n) is 3.55. The first-order valence-electron chi connectivity index (χ1n) is 9.20. The Bertz CT molecular complexity index is 1000. The predicted octanol–water partition coefficient (Wildman–Crippen LogP) is 3.73. The molecule has 1 aliphatic heterocycles. The number of thioether (sulfide) groups is 1. The summed E-state index contributed by atoms with van der Waals surface area (Å²) in [6.45, 7) is 4.01. The zero-order valence-corrected chi connectivity index (χ0v) is 16.9. The Labute approximate surface area is 168 Å². The molecule has 28 heavy (non-hydrogen) atoms. The smallest absolute Gasteiger partial charge is 0.240 e. The molecule has 0 radical (unpaired) electrons. The monoisotopic (exact) mass is 394 g/mol. The molecule has 0 saturated heterocycles. The summed E-state index contributed by atoms with van der Waals surface area (Å²) in [5.41, 5.74) is 3.13. The molecule has 0 spiro atoms. The van der Waals surface area contributed by atoms with Gasteiger partial charge in [-0.15, -0.1) is 10.2 Å². The highest BCUT2D eigenvalue weighted by atomic mass is 32.2. The Morgan fingerprint density at radius 1 is 1.25 bits per heavy atom. The summed E-state index contributed by atoms with van der Waals surface area (Å²) in [4.78, 5) is 15.1. The van der Waals surface area contributed by atoms with Gasteiger partial charge in [0.1, 0.15) is 12.1 Å². The van der Waals surface area contributed by atoms with Crippen LogP contribution in [-0.4, -0.2) is 39.1 Å². The molecule has 2 aromatic carbocycles. The Kier molecular flexibility index (Phi) is 5.09. The summed E-state index contributed by atoms with van der Waals surface area (Å²) in [7, 11) is 1.64. The number of carbonyl (C=O) groups excluding carboxylic acids is 1. The van der Waals surface area contributed by atoms with E-state index in [1.165, 1.54) is 17.3 Å². The molecule has 0 fully saturated rings. The van der Waals surface area contributed by atoms with Crippen LogP contribution in [-0.2, 0) is 11.2 Å². The van der Waals surface area contributed by atoms with E-state index in [0.717, 1.165) is 23.5 Å². The summed E-state index contributed by atoms with van der Waals surface area (Å²) in [6, 6.07) is 16.0. The first-order chi connectivity index (χ1) is 13.6. The SMILES string of the molecule is COc1cccc(-n2cnnc2S[C@H](C)C(=O)N2c3ccccc3C[C@H]2C)c1. The Morgan fingerprint density at radius 2 is 2.07 bits per heavy atom. The molecule has 0 aliphatic carbocycles. The third-order valence-corrected chi connectivity index (χ3v) is 5.97. The highest BCUT2D eigenvalue weighted by Gasteiger charge is 2.33. The van der Waals surface area contributed by atoms with Crippen molar-refractivity contribution >= 4 is 23.4 Å². The van der Waals surface area contributed by atoms with Crippen molar-refractivity contribution in [2.24, 2.45) is 0 Å². The third kappa shape index (κ3) is 3.38. The number of para-hydroxylation sites is 1. The van der Waals surface area contributed by atoms with Gasteiger partial charge >= 0.3 is 0 Å². The van der Waals surface area contributed by atoms with Gasteiger partial charge in [-0.1, -0.05) is 36.0 Å². The minimum absolute atomic E-state index is 0.0858. The lowest BCUT2D eigenvalue weighted by Gasteiger charge is -2.25. The van der Waals surface area contributed by atoms with Gasteiger partial charge in [0.2, 0.25) is 5.91 Å². The van der Waals surface area contributed by atoms with Crippen molar-refractivity contribution in [3.8, 4) is 11.4 Å². The van der Waals surface area contributed by atoms with Crippen molar-refractivity contribution in [1.29, 1.82) is 0 Å². The molecule has 3 aromatic rings. The van der Waals surface area contributed by atoms with E-state index in [-0.39, 0.29) is 17.2 Å². The second-order valence-electron chi connectivity index (χ2n) is 6.84. The summed E-state index contributed by atoms with van der Waals surface area (Å²) in [5, 5.41) is 8.65. The number of ether oxygens (including phenoxy) is 1. The van der Waals surface area contributed by atoms with Gasteiger partial charge in [0.15, 0.2) is 5.16 Å². The maximum absolute atomic E-state index is 13.2. The number of hydrogen-bond acceptors (Lipinski definition) is 5. The average molecular weight is 395 g/mol. The van der Waals surface area contributed by atoms with E-state index in [2.05, 4.69) is 23.2 Å². The quantitative estimate of drug-likeness (QED) is 0.617. The van der Waals surface area contributed by atoms with Crippen molar-refractivity contribution < 1.29 is 9.53 Å². The first kappa shape index (κ1) is 18.6. The molecule has 2 atom stereocenters. The molecule has 2 heterocycles. The minimum Gasteiger partial charge on any atom is -0.497 e. The summed E-state index contributed by atoms with van der Waals surface area (Å²) in [6.07, 6.45) is 2.54. The van der Waals surface area contributed by atoms with E-state index in [0.29, 0.717) is 5.16 Å². The van der Waals surface area contributed by atoms with Gasteiger partial charge < -0.3 is 9.64 Å². The molecule has 6 nitrogen and oxygen atoms in total. The van der Waals surface area contributed by atoms with Crippen molar-refractivity contribution in [3.05, 3.63) is 60.4 Å². The molecular formula is C21H22N4O2S. The number of rotatable bonds is 5. The molecule has 1 amide bonds. The number of aromatic nitrogens is 3. The maximum Gasteiger partial charge on any atom is 0.240 e. The zero-order chi connectivity index (χ0) is 19.7. The fourth-order valence-corrected chi connectivity index (χ4v) is 4.44. The van der Waals surface area contributed by atoms with Crippen molar-refractivity contribution in [2.75, 3.05) is 12.0 Å². The number of hydrogen-bond donors (Lipinski definition) is 0. The average Bonchev–Trinajstić information content (AvgIpc) is 3.30. The van der Waals surface area contributed by atoms with Crippen LogP contribution in [0, 0.1) is 0 Å². The van der Waals surface area contributed by atoms with E-state index in [4.69, 9.17) is 4.74 Å². The molecular weight excluding hydrogens is 372 g/mol. The fraction of sp³-hybridized carbons (Fsp3) is 0.286. The summed E-state index contributed by atoms with van der Waals surface area (Å²) in [5.74, 6) is 0.844. The number of nitrogens with zero attached hydrogens (tertiary/aromatic N) is 4. The van der Waals surface area contributed by atoms with Crippen molar-refractivity contribution in [1.82, 2.24) is 14.8 Å². The number of amides is 1. The van der Waals surface area contributed by atoms with Crippen molar-refractivity contribution in [3.63, 3.8) is 0 Å². The van der Waals surface area contributed by atoms with Crippen LogP contribution in [0.4, 0.5) is 5.69 Å². The minimum atomic E-state index is -0.290. The summed E-state index contributed by atoms with van der Waals surface area (Å²) >= 11 is 1.41. The molecule has 1 aliphatic rings. The van der Waals surface area contributed by atoms with Crippen molar-refractivity contribution in [2.45, 2.75) is 36.7 Å². The normalized spacial score (nSPS) is 16.7. The van der Waals surface area contributed by atoms with E-state index in [1.54, 1.807) is 13.4 Å². The second-order valence-corrected chi connectivity index (χ2v) is 8.14. The lowest BCUT2D eigenvalue weighted by molar-refractivity contribution is -0.118. The molecule has 144 valence electrons. The van der Waals surface area contributed by atoms with Crippen LogP contribution < -0.4 is 9.64 Å². The van der Waals surface area contributed by atoms with Crippen LogP contribution in [0.2, 0.25) is 0 Å². The predicted molar refractivity (Wildman–Crippen MR) is 110 cm³/mol. The third-order valence-electron chi connectivity index (χ3n) is 4.92. The van der Waals surface area contributed by atoms with Crippen LogP contribution in [0.1, 0.15) is 19.4 Å². The van der Waals surface area contributed by atoms with E-state index in [9.17, 15) is 4.79 Å². The first-order valence-corrected chi connectivity index (χ1v) is 10.1. The number of carbonyl (C=O) groups is 1. The van der Waals surface area contributed by atoms with Crippen LogP contribution in [0.25, 0.3) is 5.69 Å². The zero-order valence-electron chi connectivity index (χ0n) is 16.1. The molecule has 0 bridgehead atoms. The highest BCUT2D eigenvalue weighted by Crippen LogP contribution is 2.35. The molecule has 4 rings (SSSR count). The molecule has 0 unspecified atom stereocenters. The maximum atomic E-state index is 13.2. The van der Waals surface area contributed by atoms with Gasteiger partial charge in [0.05, 0.1) is 18.0 Å². The Morgan fingerprint density at radius 3 is 2.89 bits per heavy atom. The molecule has 0 N–H and O–H groups in total. The van der Waals surface area contributed by atoms with Gasteiger partial charge in [-0.2, -0.15) is 0 Å². The van der Waals surface area contributed by atoms with Gasteiger partial charge in [-0.3, -0.25) is 9.36 Å². The van der Waals surface area contributed by atoms with Gasteiger partial charge in [-0.05, 0) is 44.0 Å². The van der Waals surface area contributed by atoms with Crippen LogP contribution in [0.15, 0.2) is 60.0 Å². The Hall–Kier alpha value is -2.80. The largest absolute Gasteiger partial charge is 0.497 e. The van der Waals surface area contributed by atoms with Gasteiger partial charge in [0.25, 0.3) is 0 Å². The number of anilines is 1. The highest BCUT2D eigenvalue weighted by molar-refractivity contribution is 8.00. The van der Waals surface area contributed by atoms with E-state index in [1.807, 2.05) is 58.9 Å². The topological polar surface area (TPSA) is 60.2 Å². The number of fused-ring (bicyclic) bond motifs is 1. The second kappa shape index (κ2) is 7.67. The molecule has 7 heteroatoms. The lowest BCUT2D eigenvalue weighted by atomic mass is 10.1. The van der Waals surface area contributed by atoms with E-state index < -0.39 is 0 Å². The van der Waals surface area contributed by atoms with Crippen LogP contribution in [0.5, 0.6) is 5.75 Å². The molecule has 1 aromatic heterocycles. The summed E-state index contributed by atoms with van der Waals surface area (Å²) < 4.78 is 7.18.